The van der Waals surface area contributed by atoms with Crippen molar-refractivity contribution in [1.82, 2.24) is 0 Å². The molecule has 1 radical (unpaired) electrons. The molecule has 53 valence electrons. The molecule has 1 rings (SSSR count). The Bertz CT molecular complexity index is 176. The fraction of sp³-hybridized carbons (Fsp3) is 0.300. The molecule has 0 heterocycles. The zero-order chi connectivity index (χ0) is 7.40. The molecule has 1 atom stereocenters. The Morgan fingerprint density at radius 3 is 2.40 bits per heavy atom. The van der Waals surface area contributed by atoms with Crippen LogP contribution in [-0.2, 0) is 0 Å². The van der Waals surface area contributed by atoms with Crippen molar-refractivity contribution in [3.05, 3.63) is 42.8 Å². The van der Waals surface area contributed by atoms with Gasteiger partial charge in [-0.05, 0) is 24.8 Å². The quantitative estimate of drug-likeness (QED) is 0.581. The third-order valence-electron chi connectivity index (χ3n) is 1.76. The van der Waals surface area contributed by atoms with Crippen LogP contribution in [0.5, 0.6) is 0 Å². The first-order valence-corrected chi connectivity index (χ1v) is 3.72. The zero-order valence-corrected chi connectivity index (χ0v) is 6.38. The van der Waals surface area contributed by atoms with Crippen LogP contribution in [0.1, 0.15) is 24.8 Å². The van der Waals surface area contributed by atoms with Gasteiger partial charge in [-0.3, -0.25) is 0 Å². The zero-order valence-electron chi connectivity index (χ0n) is 6.38. The van der Waals surface area contributed by atoms with Crippen LogP contribution in [0.2, 0.25) is 0 Å². The van der Waals surface area contributed by atoms with Crippen LogP contribution in [0.3, 0.4) is 0 Å². The number of hydrogen-bond donors (Lipinski definition) is 0. The van der Waals surface area contributed by atoms with E-state index in [2.05, 4.69) is 38.1 Å². The van der Waals surface area contributed by atoms with Crippen molar-refractivity contribution in [2.45, 2.75) is 19.3 Å². The van der Waals surface area contributed by atoms with Crippen LogP contribution in [0.15, 0.2) is 30.3 Å². The second-order valence-corrected chi connectivity index (χ2v) is 2.52. The van der Waals surface area contributed by atoms with Gasteiger partial charge in [0.2, 0.25) is 0 Å². The molecule has 0 bridgehead atoms. The summed E-state index contributed by atoms with van der Waals surface area (Å²) in [4.78, 5) is 0. The van der Waals surface area contributed by atoms with Crippen LogP contribution in [-0.4, -0.2) is 0 Å². The van der Waals surface area contributed by atoms with Gasteiger partial charge in [-0.15, -0.1) is 0 Å². The Morgan fingerprint density at radius 1 is 1.30 bits per heavy atom. The second kappa shape index (κ2) is 3.40. The molecule has 0 aliphatic heterocycles. The first-order chi connectivity index (χ1) is 4.84. The molecule has 0 aliphatic carbocycles. The van der Waals surface area contributed by atoms with Crippen molar-refractivity contribution in [3.63, 3.8) is 0 Å². The van der Waals surface area contributed by atoms with Gasteiger partial charge in [0.15, 0.2) is 0 Å². The monoisotopic (exact) mass is 133 g/mol. The van der Waals surface area contributed by atoms with E-state index in [4.69, 9.17) is 0 Å². The van der Waals surface area contributed by atoms with Gasteiger partial charge >= 0.3 is 0 Å². The molecule has 1 aromatic rings. The molecular weight excluding hydrogens is 120 g/mol. The first-order valence-electron chi connectivity index (χ1n) is 3.72. The molecular formula is C10H13. The fourth-order valence-electron chi connectivity index (χ4n) is 0.961. The predicted octanol–water partition coefficient (Wildman–Crippen LogP) is 3.01. The average Bonchev–Trinajstić information content (AvgIpc) is 2.05. The molecule has 0 heteroatoms. The Morgan fingerprint density at radius 2 is 1.90 bits per heavy atom. The van der Waals surface area contributed by atoms with Crippen LogP contribution >= 0.6 is 0 Å². The molecule has 1 aromatic carbocycles. The van der Waals surface area contributed by atoms with Gasteiger partial charge in [0, 0.05) is 0 Å². The summed E-state index contributed by atoms with van der Waals surface area (Å²) in [5.74, 6) is 0.459. The summed E-state index contributed by atoms with van der Waals surface area (Å²) >= 11 is 0. The first kappa shape index (κ1) is 7.33. The number of rotatable bonds is 2. The molecule has 0 N–H and O–H groups in total. The minimum absolute atomic E-state index is 0.459. The van der Waals surface area contributed by atoms with E-state index in [1.54, 1.807) is 0 Å². The van der Waals surface area contributed by atoms with Crippen LogP contribution in [0.4, 0.5) is 0 Å². The maximum atomic E-state index is 4.03. The van der Waals surface area contributed by atoms with Gasteiger partial charge in [0.25, 0.3) is 0 Å². The molecule has 1 unspecified atom stereocenters. The van der Waals surface area contributed by atoms with Crippen molar-refractivity contribution in [2.75, 3.05) is 0 Å². The van der Waals surface area contributed by atoms with E-state index in [0.717, 1.165) is 6.42 Å². The molecule has 0 saturated carbocycles. The largest absolute Gasteiger partial charge is 0.0648 e. The minimum atomic E-state index is 0.459. The summed E-state index contributed by atoms with van der Waals surface area (Å²) in [6, 6.07) is 10.4. The van der Waals surface area contributed by atoms with Crippen molar-refractivity contribution in [1.29, 1.82) is 0 Å². The molecule has 10 heavy (non-hydrogen) atoms. The van der Waals surface area contributed by atoms with Crippen molar-refractivity contribution >= 4 is 0 Å². The van der Waals surface area contributed by atoms with Crippen molar-refractivity contribution in [2.24, 2.45) is 0 Å². The molecule has 0 aromatic heterocycles. The minimum Gasteiger partial charge on any atom is -0.0648 e. The van der Waals surface area contributed by atoms with E-state index in [0.29, 0.717) is 5.92 Å². The molecule has 0 aliphatic rings. The maximum absolute atomic E-state index is 4.03. The summed E-state index contributed by atoms with van der Waals surface area (Å²) in [5.41, 5.74) is 1.34. The van der Waals surface area contributed by atoms with Gasteiger partial charge in [0.05, 0.1) is 0 Å². The third-order valence-corrected chi connectivity index (χ3v) is 1.76. The summed E-state index contributed by atoms with van der Waals surface area (Å²) < 4.78 is 0. The summed E-state index contributed by atoms with van der Waals surface area (Å²) in [7, 11) is 0. The Hall–Kier alpha value is -0.780. The van der Waals surface area contributed by atoms with Gasteiger partial charge in [-0.2, -0.15) is 0 Å². The second-order valence-electron chi connectivity index (χ2n) is 2.52. The number of hydrogen-bond acceptors (Lipinski definition) is 0. The van der Waals surface area contributed by atoms with Crippen molar-refractivity contribution < 1.29 is 0 Å². The van der Waals surface area contributed by atoms with Crippen LogP contribution in [0.25, 0.3) is 0 Å². The van der Waals surface area contributed by atoms with Gasteiger partial charge in [-0.25, -0.2) is 0 Å². The van der Waals surface area contributed by atoms with Gasteiger partial charge < -0.3 is 0 Å². The molecule has 0 spiro atoms. The smallest absolute Gasteiger partial charge is 0.0164 e. The number of benzene rings is 1. The van der Waals surface area contributed by atoms with E-state index in [1.807, 2.05) is 6.07 Å². The third kappa shape index (κ3) is 1.60. The highest BCUT2D eigenvalue weighted by molar-refractivity contribution is 5.19. The van der Waals surface area contributed by atoms with Gasteiger partial charge in [0.1, 0.15) is 0 Å². The fourth-order valence-corrected chi connectivity index (χ4v) is 0.961. The molecule has 0 amide bonds. The Kier molecular flexibility index (Phi) is 2.49. The van der Waals surface area contributed by atoms with E-state index in [1.165, 1.54) is 5.56 Å². The van der Waals surface area contributed by atoms with Crippen LogP contribution in [0, 0.1) is 6.92 Å². The topological polar surface area (TPSA) is 0 Å². The summed E-state index contributed by atoms with van der Waals surface area (Å²) in [6.07, 6.45) is 1.12. The summed E-state index contributed by atoms with van der Waals surface area (Å²) in [5, 5.41) is 0. The molecule has 0 saturated heterocycles. The highest BCUT2D eigenvalue weighted by Crippen LogP contribution is 2.16. The van der Waals surface area contributed by atoms with E-state index in [9.17, 15) is 0 Å². The average molecular weight is 133 g/mol. The standard InChI is InChI=1S/C10H13/c1-3-9(2)10-7-5-4-6-8-10/h4-9H,2-3H2,1H3. The predicted molar refractivity (Wildman–Crippen MR) is 44.8 cm³/mol. The summed E-state index contributed by atoms with van der Waals surface area (Å²) in [6.45, 7) is 6.18. The lowest BCUT2D eigenvalue weighted by Crippen LogP contribution is -1.89. The lowest BCUT2D eigenvalue weighted by molar-refractivity contribution is 0.802. The van der Waals surface area contributed by atoms with E-state index >= 15 is 0 Å². The van der Waals surface area contributed by atoms with Crippen molar-refractivity contribution in [3.8, 4) is 0 Å². The SMILES string of the molecule is [CH2]C(CC)c1ccccc1. The van der Waals surface area contributed by atoms with E-state index < -0.39 is 0 Å². The maximum Gasteiger partial charge on any atom is -0.0164 e. The molecule has 0 fully saturated rings. The van der Waals surface area contributed by atoms with E-state index in [-0.39, 0.29) is 0 Å². The Labute approximate surface area is 62.9 Å². The lowest BCUT2D eigenvalue weighted by atomic mass is 9.99. The van der Waals surface area contributed by atoms with Crippen LogP contribution < -0.4 is 0 Å². The van der Waals surface area contributed by atoms with Gasteiger partial charge in [-0.1, -0.05) is 37.3 Å². The highest BCUT2D eigenvalue weighted by Gasteiger charge is 1.99. The lowest BCUT2D eigenvalue weighted by Gasteiger charge is -2.06. The normalized spacial score (nSPS) is 13.0. The molecule has 0 nitrogen and oxygen atoms in total. The Balaban J connectivity index is 2.75. The highest BCUT2D eigenvalue weighted by atomic mass is 14.0.